The Morgan fingerprint density at radius 3 is 2.36 bits per heavy atom. The molecule has 0 saturated carbocycles. The highest BCUT2D eigenvalue weighted by Crippen LogP contribution is 2.29. The van der Waals surface area contributed by atoms with Gasteiger partial charge in [0.05, 0.1) is 17.1 Å². The number of rotatable bonds is 4. The molecule has 0 N–H and O–H groups in total. The number of benzene rings is 4. The first-order valence-corrected chi connectivity index (χ1v) is 9.79. The van der Waals surface area contributed by atoms with Crippen molar-refractivity contribution in [1.29, 1.82) is 0 Å². The summed E-state index contributed by atoms with van der Waals surface area (Å²) in [6, 6.07) is 34.5. The van der Waals surface area contributed by atoms with Gasteiger partial charge in [0.1, 0.15) is 5.82 Å². The molecular weight excluding hydrogens is 340 g/mol. The first-order chi connectivity index (χ1) is 13.8. The fourth-order valence-corrected chi connectivity index (χ4v) is 4.15. The van der Waals surface area contributed by atoms with Crippen molar-refractivity contribution in [2.75, 3.05) is 0 Å². The maximum Gasteiger partial charge on any atom is 0.114 e. The van der Waals surface area contributed by atoms with Crippen molar-refractivity contribution in [3.8, 4) is 0 Å². The first-order valence-electron chi connectivity index (χ1n) is 9.79. The van der Waals surface area contributed by atoms with Crippen molar-refractivity contribution >= 4 is 21.8 Å². The minimum Gasteiger partial charge on any atom is -0.320 e. The molecule has 2 nitrogen and oxygen atoms in total. The largest absolute Gasteiger partial charge is 0.320 e. The molecule has 0 aliphatic carbocycles. The third kappa shape index (κ3) is 2.87. The Hall–Kier alpha value is -3.39. The minimum atomic E-state index is 0.221. The number of hydrogen-bond donors (Lipinski definition) is 0. The molecule has 1 heterocycles. The Balaban J connectivity index is 1.67. The number of hydrogen-bond acceptors (Lipinski definition) is 1. The van der Waals surface area contributed by atoms with E-state index in [1.54, 1.807) is 0 Å². The first kappa shape index (κ1) is 16.8. The van der Waals surface area contributed by atoms with Crippen molar-refractivity contribution in [2.45, 2.75) is 19.4 Å². The van der Waals surface area contributed by atoms with Crippen molar-refractivity contribution in [1.82, 2.24) is 9.55 Å². The van der Waals surface area contributed by atoms with Crippen LogP contribution >= 0.6 is 0 Å². The molecule has 0 fully saturated rings. The van der Waals surface area contributed by atoms with Gasteiger partial charge in [0.2, 0.25) is 0 Å². The summed E-state index contributed by atoms with van der Waals surface area (Å²) in [5, 5.41) is 2.58. The molecule has 0 saturated heterocycles. The summed E-state index contributed by atoms with van der Waals surface area (Å²) in [6.45, 7) is 2.26. The zero-order chi connectivity index (χ0) is 18.9. The van der Waals surface area contributed by atoms with Gasteiger partial charge in [0, 0.05) is 6.42 Å². The summed E-state index contributed by atoms with van der Waals surface area (Å²) in [4.78, 5) is 5.02. The van der Waals surface area contributed by atoms with E-state index >= 15 is 0 Å². The van der Waals surface area contributed by atoms with E-state index in [4.69, 9.17) is 4.98 Å². The van der Waals surface area contributed by atoms with Gasteiger partial charge in [-0.15, -0.1) is 0 Å². The van der Waals surface area contributed by atoms with Gasteiger partial charge < -0.3 is 4.57 Å². The van der Waals surface area contributed by atoms with Crippen LogP contribution in [-0.4, -0.2) is 9.55 Å². The summed E-state index contributed by atoms with van der Waals surface area (Å²) < 4.78 is 2.40. The normalized spacial score (nSPS) is 12.5. The summed E-state index contributed by atoms with van der Waals surface area (Å²) in [5.41, 5.74) is 4.86. The monoisotopic (exact) mass is 362 g/mol. The van der Waals surface area contributed by atoms with Crippen molar-refractivity contribution in [3.63, 3.8) is 0 Å². The molecule has 0 aliphatic heterocycles. The zero-order valence-electron chi connectivity index (χ0n) is 15.9. The molecule has 0 bridgehead atoms. The summed E-state index contributed by atoms with van der Waals surface area (Å²) in [5.74, 6) is 1.11. The van der Waals surface area contributed by atoms with E-state index < -0.39 is 0 Å². The van der Waals surface area contributed by atoms with E-state index in [1.807, 2.05) is 0 Å². The SMILES string of the molecule is CC(c1ccccc1)n1c(Cc2cccc3ccccc23)nc2ccccc21. The molecule has 1 aromatic heterocycles. The standard InChI is InChI=1S/C26H22N2/c1-19(20-10-3-2-4-11-20)28-25-17-8-7-16-24(25)27-26(28)18-22-14-9-13-21-12-5-6-15-23(21)22/h2-17,19H,18H2,1H3. The lowest BCUT2D eigenvalue weighted by atomic mass is 10.0. The lowest BCUT2D eigenvalue weighted by Gasteiger charge is -2.19. The summed E-state index contributed by atoms with van der Waals surface area (Å²) >= 11 is 0. The average molecular weight is 362 g/mol. The second-order valence-corrected chi connectivity index (χ2v) is 7.29. The van der Waals surface area contributed by atoms with Crippen molar-refractivity contribution < 1.29 is 0 Å². The van der Waals surface area contributed by atoms with Crippen LogP contribution in [0.2, 0.25) is 0 Å². The van der Waals surface area contributed by atoms with Crippen LogP contribution in [0.25, 0.3) is 21.8 Å². The van der Waals surface area contributed by atoms with Gasteiger partial charge in [-0.1, -0.05) is 84.9 Å². The molecule has 136 valence electrons. The Labute approximate surface area is 165 Å². The molecule has 0 amide bonds. The minimum absolute atomic E-state index is 0.221. The quantitative estimate of drug-likeness (QED) is 0.362. The highest BCUT2D eigenvalue weighted by molar-refractivity contribution is 5.86. The predicted molar refractivity (Wildman–Crippen MR) is 117 cm³/mol. The second kappa shape index (κ2) is 6.97. The van der Waals surface area contributed by atoms with Crippen LogP contribution in [0.5, 0.6) is 0 Å². The van der Waals surface area contributed by atoms with Crippen LogP contribution < -0.4 is 0 Å². The number of fused-ring (bicyclic) bond motifs is 2. The van der Waals surface area contributed by atoms with Gasteiger partial charge in [0.15, 0.2) is 0 Å². The maximum atomic E-state index is 5.02. The van der Waals surface area contributed by atoms with Gasteiger partial charge >= 0.3 is 0 Å². The summed E-state index contributed by atoms with van der Waals surface area (Å²) in [6.07, 6.45) is 0.813. The van der Waals surface area contributed by atoms with Gasteiger partial charge in [-0.3, -0.25) is 0 Å². The fraction of sp³-hybridized carbons (Fsp3) is 0.115. The summed E-state index contributed by atoms with van der Waals surface area (Å²) in [7, 11) is 0. The number of nitrogens with zero attached hydrogens (tertiary/aromatic N) is 2. The van der Waals surface area contributed by atoms with Crippen molar-refractivity contribution in [2.24, 2.45) is 0 Å². The molecule has 4 aromatic carbocycles. The Morgan fingerprint density at radius 2 is 1.46 bits per heavy atom. The van der Waals surface area contributed by atoms with Gasteiger partial charge in [0.25, 0.3) is 0 Å². The molecule has 0 radical (unpaired) electrons. The van der Waals surface area contributed by atoms with E-state index in [0.717, 1.165) is 17.8 Å². The molecule has 5 rings (SSSR count). The third-order valence-corrected chi connectivity index (χ3v) is 5.57. The van der Waals surface area contributed by atoms with Crippen LogP contribution in [0.15, 0.2) is 97.1 Å². The van der Waals surface area contributed by atoms with E-state index in [9.17, 15) is 0 Å². The second-order valence-electron chi connectivity index (χ2n) is 7.29. The number of para-hydroxylation sites is 2. The Bertz CT molecular complexity index is 1250. The lowest BCUT2D eigenvalue weighted by molar-refractivity contribution is 0.627. The van der Waals surface area contributed by atoms with Crippen LogP contribution in [0.3, 0.4) is 0 Å². The van der Waals surface area contributed by atoms with Gasteiger partial charge in [-0.2, -0.15) is 0 Å². The fourth-order valence-electron chi connectivity index (χ4n) is 4.15. The number of aromatic nitrogens is 2. The van der Waals surface area contributed by atoms with Crippen LogP contribution in [0.4, 0.5) is 0 Å². The van der Waals surface area contributed by atoms with E-state index in [1.165, 1.54) is 27.4 Å². The van der Waals surface area contributed by atoms with Crippen molar-refractivity contribution in [3.05, 3.63) is 114 Å². The van der Waals surface area contributed by atoms with Crippen LogP contribution in [-0.2, 0) is 6.42 Å². The third-order valence-electron chi connectivity index (χ3n) is 5.57. The topological polar surface area (TPSA) is 17.8 Å². The molecule has 0 aliphatic rings. The lowest BCUT2D eigenvalue weighted by Crippen LogP contribution is -2.11. The van der Waals surface area contributed by atoms with E-state index in [0.29, 0.717) is 0 Å². The van der Waals surface area contributed by atoms with Gasteiger partial charge in [-0.25, -0.2) is 4.98 Å². The molecule has 0 spiro atoms. The molecule has 1 atom stereocenters. The van der Waals surface area contributed by atoms with Gasteiger partial charge in [-0.05, 0) is 41.0 Å². The molecule has 28 heavy (non-hydrogen) atoms. The molecule has 5 aromatic rings. The zero-order valence-corrected chi connectivity index (χ0v) is 15.9. The highest BCUT2D eigenvalue weighted by atomic mass is 15.1. The Morgan fingerprint density at radius 1 is 0.750 bits per heavy atom. The maximum absolute atomic E-state index is 5.02. The van der Waals surface area contributed by atoms with Crippen LogP contribution in [0.1, 0.15) is 29.9 Å². The number of imidazole rings is 1. The van der Waals surface area contributed by atoms with Crippen LogP contribution in [0, 0.1) is 0 Å². The Kier molecular flexibility index (Phi) is 4.17. The molecule has 1 unspecified atom stereocenters. The average Bonchev–Trinajstić information content (AvgIpc) is 3.12. The highest BCUT2D eigenvalue weighted by Gasteiger charge is 2.18. The van der Waals surface area contributed by atoms with E-state index in [2.05, 4.69) is 109 Å². The van der Waals surface area contributed by atoms with E-state index in [-0.39, 0.29) is 6.04 Å². The smallest absolute Gasteiger partial charge is 0.114 e. The molecular formula is C26H22N2. The molecule has 2 heteroatoms. The predicted octanol–water partition coefficient (Wildman–Crippen LogP) is 6.39.